The van der Waals surface area contributed by atoms with Crippen molar-refractivity contribution < 1.29 is 14.3 Å². The molecule has 1 N–H and O–H groups in total. The van der Waals surface area contributed by atoms with Gasteiger partial charge in [-0.05, 0) is 49.4 Å². The first-order valence-electron chi connectivity index (χ1n) is 10.1. The van der Waals surface area contributed by atoms with E-state index in [0.29, 0.717) is 17.1 Å². The molecule has 2 amide bonds. The molecular weight excluding hydrogens is 388 g/mol. The van der Waals surface area contributed by atoms with E-state index in [1.54, 1.807) is 11.8 Å². The molecule has 0 saturated heterocycles. The van der Waals surface area contributed by atoms with Crippen LogP contribution >= 0.6 is 0 Å². The van der Waals surface area contributed by atoms with Gasteiger partial charge in [-0.25, -0.2) is 0 Å². The lowest BCUT2D eigenvalue weighted by atomic mass is 10.1. The van der Waals surface area contributed by atoms with Crippen LogP contribution in [0.2, 0.25) is 0 Å². The third kappa shape index (κ3) is 4.93. The molecule has 0 radical (unpaired) electrons. The van der Waals surface area contributed by atoms with Crippen molar-refractivity contribution in [1.29, 1.82) is 0 Å². The number of anilines is 2. The fourth-order valence-corrected chi connectivity index (χ4v) is 3.37. The largest absolute Gasteiger partial charge is 0.479 e. The zero-order valence-corrected chi connectivity index (χ0v) is 17.2. The minimum absolute atomic E-state index is 0.148. The highest BCUT2D eigenvalue weighted by molar-refractivity contribution is 6.00. The first kappa shape index (κ1) is 20.2. The summed E-state index contributed by atoms with van der Waals surface area (Å²) < 4.78 is 5.64. The van der Waals surface area contributed by atoms with Crippen molar-refractivity contribution in [2.45, 2.75) is 19.4 Å². The van der Waals surface area contributed by atoms with Crippen molar-refractivity contribution in [3.63, 3.8) is 0 Å². The Morgan fingerprint density at radius 2 is 1.68 bits per heavy atom. The number of amides is 2. The fourth-order valence-electron chi connectivity index (χ4n) is 3.37. The van der Waals surface area contributed by atoms with Gasteiger partial charge in [-0.3, -0.25) is 9.59 Å². The van der Waals surface area contributed by atoms with E-state index in [-0.39, 0.29) is 24.8 Å². The lowest BCUT2D eigenvalue weighted by molar-refractivity contribution is -0.125. The Hall–Kier alpha value is -4.04. The van der Waals surface area contributed by atoms with Crippen LogP contribution in [-0.4, -0.2) is 24.5 Å². The summed E-state index contributed by atoms with van der Waals surface area (Å²) in [6, 6.07) is 24.5. The zero-order valence-electron chi connectivity index (χ0n) is 17.2. The molecule has 0 bridgehead atoms. The third-order valence-corrected chi connectivity index (χ3v) is 4.91. The summed E-state index contributed by atoms with van der Waals surface area (Å²) in [7, 11) is 0. The smallest absolute Gasteiger partial charge is 0.267 e. The summed E-state index contributed by atoms with van der Waals surface area (Å²) in [5, 5.41) is 2.89. The fraction of sp³-hybridized carbons (Fsp3) is 0.154. The van der Waals surface area contributed by atoms with Crippen LogP contribution in [-0.2, 0) is 9.59 Å². The van der Waals surface area contributed by atoms with Crippen molar-refractivity contribution in [3.8, 4) is 17.6 Å². The summed E-state index contributed by atoms with van der Waals surface area (Å²) in [4.78, 5) is 26.7. The second-order valence-electron chi connectivity index (χ2n) is 7.21. The standard InChI is InChI=1S/C26H22N2O3/c1-19-26(30)28(23-12-5-6-13-24(23)31-19)17-16-25(29)27-22-11-7-10-21(18-22)15-14-20-8-3-2-4-9-20/h2-13,18-19H,16-17H2,1H3,(H,27,29). The molecule has 0 saturated carbocycles. The Morgan fingerprint density at radius 1 is 0.968 bits per heavy atom. The van der Waals surface area contributed by atoms with Gasteiger partial charge in [-0.1, -0.05) is 48.2 Å². The SMILES string of the molecule is CC1Oc2ccccc2N(CCC(=O)Nc2cccc(C#Cc3ccccc3)c2)C1=O. The Bertz CT molecular complexity index is 1160. The van der Waals surface area contributed by atoms with E-state index in [4.69, 9.17) is 4.74 Å². The molecule has 3 aromatic rings. The summed E-state index contributed by atoms with van der Waals surface area (Å²) in [5.41, 5.74) is 3.11. The number of hydrogen-bond acceptors (Lipinski definition) is 3. The van der Waals surface area contributed by atoms with Crippen LogP contribution in [0.1, 0.15) is 24.5 Å². The monoisotopic (exact) mass is 410 g/mol. The molecule has 0 aliphatic carbocycles. The maximum Gasteiger partial charge on any atom is 0.267 e. The molecule has 1 atom stereocenters. The van der Waals surface area contributed by atoms with E-state index in [1.165, 1.54) is 0 Å². The van der Waals surface area contributed by atoms with Crippen LogP contribution in [0.3, 0.4) is 0 Å². The van der Waals surface area contributed by atoms with Gasteiger partial charge in [-0.2, -0.15) is 0 Å². The van der Waals surface area contributed by atoms with Gasteiger partial charge in [0.1, 0.15) is 5.75 Å². The molecule has 1 aliphatic heterocycles. The average Bonchev–Trinajstić information content (AvgIpc) is 2.79. The normalized spacial score (nSPS) is 14.7. The summed E-state index contributed by atoms with van der Waals surface area (Å²) in [5.74, 6) is 6.56. The lowest BCUT2D eigenvalue weighted by Crippen LogP contribution is -2.45. The molecule has 5 heteroatoms. The number of rotatable bonds is 4. The van der Waals surface area contributed by atoms with Crippen molar-refractivity contribution in [2.24, 2.45) is 0 Å². The quantitative estimate of drug-likeness (QED) is 0.655. The summed E-state index contributed by atoms with van der Waals surface area (Å²) in [6.45, 7) is 2.00. The molecule has 5 nitrogen and oxygen atoms in total. The molecule has 0 fully saturated rings. The topological polar surface area (TPSA) is 58.6 Å². The van der Waals surface area contributed by atoms with E-state index in [9.17, 15) is 9.59 Å². The molecule has 3 aromatic carbocycles. The highest BCUT2D eigenvalue weighted by atomic mass is 16.5. The second kappa shape index (κ2) is 9.19. The molecule has 0 spiro atoms. The highest BCUT2D eigenvalue weighted by Gasteiger charge is 2.31. The zero-order chi connectivity index (χ0) is 21.6. The maximum atomic E-state index is 12.5. The summed E-state index contributed by atoms with van der Waals surface area (Å²) >= 11 is 0. The lowest BCUT2D eigenvalue weighted by Gasteiger charge is -2.32. The van der Waals surface area contributed by atoms with E-state index in [0.717, 1.165) is 11.1 Å². The van der Waals surface area contributed by atoms with Crippen LogP contribution in [0.15, 0.2) is 78.9 Å². The maximum absolute atomic E-state index is 12.5. The minimum atomic E-state index is -0.571. The van der Waals surface area contributed by atoms with Crippen LogP contribution in [0.5, 0.6) is 5.75 Å². The molecule has 154 valence electrons. The molecule has 0 aromatic heterocycles. The van der Waals surface area contributed by atoms with Gasteiger partial charge >= 0.3 is 0 Å². The van der Waals surface area contributed by atoms with Gasteiger partial charge in [0.05, 0.1) is 5.69 Å². The van der Waals surface area contributed by atoms with Crippen LogP contribution < -0.4 is 15.0 Å². The highest BCUT2D eigenvalue weighted by Crippen LogP contribution is 2.33. The molecule has 4 rings (SSSR count). The molecule has 31 heavy (non-hydrogen) atoms. The number of nitrogens with zero attached hydrogens (tertiary/aromatic N) is 1. The van der Waals surface area contributed by atoms with Crippen molar-refractivity contribution in [2.75, 3.05) is 16.8 Å². The van der Waals surface area contributed by atoms with E-state index < -0.39 is 6.10 Å². The Labute approximate surface area is 181 Å². The molecule has 1 heterocycles. The Kier molecular flexibility index (Phi) is 6.00. The minimum Gasteiger partial charge on any atom is -0.479 e. The van der Waals surface area contributed by atoms with Crippen LogP contribution in [0.25, 0.3) is 0 Å². The Morgan fingerprint density at radius 3 is 2.52 bits per heavy atom. The van der Waals surface area contributed by atoms with Gasteiger partial charge in [-0.15, -0.1) is 0 Å². The van der Waals surface area contributed by atoms with Crippen LogP contribution in [0.4, 0.5) is 11.4 Å². The predicted octanol–water partition coefficient (Wildman–Crippen LogP) is 4.23. The number of carbonyl (C=O) groups is 2. The number of para-hydroxylation sites is 2. The van der Waals surface area contributed by atoms with Gasteiger partial charge < -0.3 is 15.0 Å². The molecule has 1 unspecified atom stereocenters. The number of fused-ring (bicyclic) bond motifs is 1. The number of hydrogen-bond donors (Lipinski definition) is 1. The van der Waals surface area contributed by atoms with Gasteiger partial charge in [0, 0.05) is 29.8 Å². The number of nitrogens with one attached hydrogen (secondary N) is 1. The number of ether oxygens (including phenoxy) is 1. The second-order valence-corrected chi connectivity index (χ2v) is 7.21. The Balaban J connectivity index is 1.40. The van der Waals surface area contributed by atoms with Gasteiger partial charge in [0.15, 0.2) is 6.10 Å². The first-order valence-corrected chi connectivity index (χ1v) is 10.1. The average molecular weight is 410 g/mol. The van der Waals surface area contributed by atoms with Crippen molar-refractivity contribution in [1.82, 2.24) is 0 Å². The van der Waals surface area contributed by atoms with E-state index >= 15 is 0 Å². The number of carbonyl (C=O) groups excluding carboxylic acids is 2. The van der Waals surface area contributed by atoms with Crippen LogP contribution in [0, 0.1) is 11.8 Å². The number of benzene rings is 3. The molecular formula is C26H22N2O3. The van der Waals surface area contributed by atoms with E-state index in [1.807, 2.05) is 78.9 Å². The summed E-state index contributed by atoms with van der Waals surface area (Å²) in [6.07, 6.45) is -0.398. The first-order chi connectivity index (χ1) is 15.1. The molecule has 1 aliphatic rings. The van der Waals surface area contributed by atoms with Gasteiger partial charge in [0.25, 0.3) is 5.91 Å². The predicted molar refractivity (Wildman–Crippen MR) is 121 cm³/mol. The van der Waals surface area contributed by atoms with Crippen molar-refractivity contribution in [3.05, 3.63) is 90.0 Å². The third-order valence-electron chi connectivity index (χ3n) is 4.91. The van der Waals surface area contributed by atoms with E-state index in [2.05, 4.69) is 17.2 Å². The van der Waals surface area contributed by atoms with Crippen molar-refractivity contribution >= 4 is 23.2 Å². The van der Waals surface area contributed by atoms with Gasteiger partial charge in [0.2, 0.25) is 5.91 Å².